The van der Waals surface area contributed by atoms with Crippen molar-refractivity contribution in [3.63, 3.8) is 0 Å². The predicted octanol–water partition coefficient (Wildman–Crippen LogP) is 10.0. The zero-order chi connectivity index (χ0) is 26.7. The van der Waals surface area contributed by atoms with Gasteiger partial charge in [-0.2, -0.15) is 4.98 Å². The van der Waals surface area contributed by atoms with Gasteiger partial charge in [0.25, 0.3) is 0 Å². The molecule has 0 saturated carbocycles. The van der Waals surface area contributed by atoms with Gasteiger partial charge in [0, 0.05) is 43.4 Å². The minimum atomic E-state index is 0.584. The Labute approximate surface area is 237 Å². The van der Waals surface area contributed by atoms with Crippen LogP contribution in [0.5, 0.6) is 11.6 Å². The van der Waals surface area contributed by atoms with E-state index in [0.29, 0.717) is 11.8 Å². The van der Waals surface area contributed by atoms with E-state index in [9.17, 15) is 0 Å². The van der Waals surface area contributed by atoms with Gasteiger partial charge in [0.2, 0.25) is 11.8 Å². The van der Waals surface area contributed by atoms with Crippen LogP contribution >= 0.6 is 11.3 Å². The van der Waals surface area contributed by atoms with Gasteiger partial charge in [-0.3, -0.25) is 4.57 Å². The summed E-state index contributed by atoms with van der Waals surface area (Å²) < 4.78 is 11.2. The van der Waals surface area contributed by atoms with Crippen LogP contribution in [-0.2, 0) is 0 Å². The fourth-order valence-corrected chi connectivity index (χ4v) is 8.04. The number of hydrogen-bond donors (Lipinski definition) is 0. The molecule has 1 aliphatic heterocycles. The number of thiophene rings is 1. The third-order valence-electron chi connectivity index (χ3n) is 8.46. The molecule has 4 nitrogen and oxygen atoms in total. The molecule has 0 unspecified atom stereocenters. The molecule has 0 spiro atoms. The van der Waals surface area contributed by atoms with Crippen LogP contribution in [-0.4, -0.2) is 14.5 Å². The molecule has 4 heterocycles. The van der Waals surface area contributed by atoms with E-state index in [-0.39, 0.29) is 0 Å². The summed E-state index contributed by atoms with van der Waals surface area (Å²) in [6, 6.07) is 38.6. The van der Waals surface area contributed by atoms with Crippen molar-refractivity contribution < 1.29 is 4.74 Å². The van der Waals surface area contributed by atoms with Crippen molar-refractivity contribution in [3.05, 3.63) is 115 Å². The highest BCUT2D eigenvalue weighted by Crippen LogP contribution is 2.49. The number of benzene rings is 6. The molecular formula is C36H19N3OS. The SMILES string of the molecule is c1cc2c3c(cccc3c1)-c1cnc(-n3c4ccccc4c4c5ccccc5c5c6ccccc6sc5c43)nc1O2. The Morgan fingerprint density at radius 3 is 2.22 bits per heavy atom. The van der Waals surface area contributed by atoms with Crippen LogP contribution in [0.15, 0.2) is 115 Å². The Hall–Kier alpha value is -5.26. The van der Waals surface area contributed by atoms with Crippen LogP contribution in [0.25, 0.3) is 80.6 Å². The third kappa shape index (κ3) is 2.73. The van der Waals surface area contributed by atoms with Gasteiger partial charge < -0.3 is 4.74 Å². The summed E-state index contributed by atoms with van der Waals surface area (Å²) in [7, 11) is 0. The van der Waals surface area contributed by atoms with Gasteiger partial charge in [-0.05, 0) is 34.4 Å². The maximum atomic E-state index is 6.46. The highest BCUT2D eigenvalue weighted by molar-refractivity contribution is 7.27. The average Bonchev–Trinajstić information content (AvgIpc) is 3.58. The quantitative estimate of drug-likeness (QED) is 0.208. The van der Waals surface area contributed by atoms with E-state index in [1.807, 2.05) is 29.7 Å². The molecule has 41 heavy (non-hydrogen) atoms. The monoisotopic (exact) mass is 541 g/mol. The van der Waals surface area contributed by atoms with E-state index < -0.39 is 0 Å². The zero-order valence-electron chi connectivity index (χ0n) is 21.6. The van der Waals surface area contributed by atoms with E-state index >= 15 is 0 Å². The van der Waals surface area contributed by atoms with E-state index in [0.717, 1.165) is 38.7 Å². The molecule has 0 saturated heterocycles. The van der Waals surface area contributed by atoms with Crippen molar-refractivity contribution in [2.24, 2.45) is 0 Å². The minimum absolute atomic E-state index is 0.584. The lowest BCUT2D eigenvalue weighted by atomic mass is 9.97. The van der Waals surface area contributed by atoms with E-state index in [2.05, 4.69) is 102 Å². The van der Waals surface area contributed by atoms with Gasteiger partial charge in [0.1, 0.15) is 5.75 Å². The van der Waals surface area contributed by atoms with Crippen LogP contribution in [0.2, 0.25) is 0 Å². The van der Waals surface area contributed by atoms with Gasteiger partial charge in [-0.1, -0.05) is 91.0 Å². The summed E-state index contributed by atoms with van der Waals surface area (Å²) in [6.07, 6.45) is 1.92. The van der Waals surface area contributed by atoms with Crippen molar-refractivity contribution in [1.29, 1.82) is 0 Å². The Morgan fingerprint density at radius 2 is 1.34 bits per heavy atom. The second-order valence-electron chi connectivity index (χ2n) is 10.6. The standard InChI is InChI=1S/C36H19N3OS/c1-2-12-22-21(11-1)31-24-13-3-5-16-27(24)39(33(31)34-32(22)25-14-4-6-18-29(25)41-34)36-37-19-26-23-15-7-9-20-10-8-17-28(30(20)23)40-35(26)38-36/h1-19H. The normalized spacial score (nSPS) is 12.6. The maximum Gasteiger partial charge on any atom is 0.238 e. The lowest BCUT2D eigenvalue weighted by Crippen LogP contribution is -2.06. The van der Waals surface area contributed by atoms with Gasteiger partial charge in [0.05, 0.1) is 21.3 Å². The molecule has 6 aromatic carbocycles. The summed E-state index contributed by atoms with van der Waals surface area (Å²) >= 11 is 1.84. The number of ether oxygens (including phenoxy) is 1. The van der Waals surface area contributed by atoms with Crippen molar-refractivity contribution in [1.82, 2.24) is 14.5 Å². The van der Waals surface area contributed by atoms with E-state index in [1.165, 1.54) is 41.7 Å². The first-order valence-corrected chi connectivity index (χ1v) is 14.5. The van der Waals surface area contributed by atoms with Gasteiger partial charge in [0.15, 0.2) is 0 Å². The van der Waals surface area contributed by atoms with Crippen molar-refractivity contribution in [3.8, 4) is 28.7 Å². The molecule has 10 rings (SSSR count). The Balaban J connectivity index is 1.37. The number of para-hydroxylation sites is 1. The van der Waals surface area contributed by atoms with Crippen LogP contribution < -0.4 is 4.74 Å². The zero-order valence-corrected chi connectivity index (χ0v) is 22.4. The molecule has 0 N–H and O–H groups in total. The summed E-state index contributed by atoms with van der Waals surface area (Å²) in [5.74, 6) is 2.02. The van der Waals surface area contributed by atoms with Crippen LogP contribution in [0.1, 0.15) is 0 Å². The molecule has 0 radical (unpaired) electrons. The number of fused-ring (bicyclic) bond motifs is 12. The molecular weight excluding hydrogens is 522 g/mol. The fourth-order valence-electron chi connectivity index (χ4n) is 6.78. The van der Waals surface area contributed by atoms with Crippen LogP contribution in [0, 0.1) is 0 Å². The smallest absolute Gasteiger partial charge is 0.238 e. The number of nitrogens with zero attached hydrogens (tertiary/aromatic N) is 3. The molecule has 1 aliphatic rings. The highest BCUT2D eigenvalue weighted by Gasteiger charge is 2.25. The fraction of sp³-hybridized carbons (Fsp3) is 0. The number of rotatable bonds is 1. The topological polar surface area (TPSA) is 39.9 Å². The lowest BCUT2D eigenvalue weighted by Gasteiger charge is -2.20. The molecule has 0 atom stereocenters. The van der Waals surface area contributed by atoms with Crippen molar-refractivity contribution in [2.45, 2.75) is 0 Å². The number of aromatic nitrogens is 3. The highest BCUT2D eigenvalue weighted by atomic mass is 32.1. The van der Waals surface area contributed by atoms with Gasteiger partial charge in [-0.25, -0.2) is 4.98 Å². The van der Waals surface area contributed by atoms with Crippen LogP contribution in [0.3, 0.4) is 0 Å². The van der Waals surface area contributed by atoms with Crippen molar-refractivity contribution >= 4 is 74.9 Å². The third-order valence-corrected chi connectivity index (χ3v) is 9.63. The average molecular weight is 542 g/mol. The molecule has 0 fully saturated rings. The van der Waals surface area contributed by atoms with Crippen LogP contribution in [0.4, 0.5) is 0 Å². The molecule has 0 bridgehead atoms. The summed E-state index contributed by atoms with van der Waals surface area (Å²) in [5.41, 5.74) is 4.23. The largest absolute Gasteiger partial charge is 0.438 e. The molecule has 3 aromatic heterocycles. The molecule has 9 aromatic rings. The predicted molar refractivity (Wildman–Crippen MR) is 170 cm³/mol. The van der Waals surface area contributed by atoms with E-state index in [1.54, 1.807) is 0 Å². The molecule has 190 valence electrons. The Morgan fingerprint density at radius 1 is 0.610 bits per heavy atom. The van der Waals surface area contributed by atoms with E-state index in [4.69, 9.17) is 14.7 Å². The molecule has 0 aliphatic carbocycles. The molecule has 0 amide bonds. The summed E-state index contributed by atoms with van der Waals surface area (Å²) in [6.45, 7) is 0. The number of hydrogen-bond acceptors (Lipinski definition) is 4. The molecule has 5 heteroatoms. The second kappa shape index (κ2) is 7.68. The van der Waals surface area contributed by atoms with Crippen molar-refractivity contribution in [2.75, 3.05) is 0 Å². The first-order chi connectivity index (χ1) is 20.3. The summed E-state index contributed by atoms with van der Waals surface area (Å²) in [4.78, 5) is 10.1. The lowest BCUT2D eigenvalue weighted by molar-refractivity contribution is 0.465. The minimum Gasteiger partial charge on any atom is -0.438 e. The second-order valence-corrected chi connectivity index (χ2v) is 11.6. The first-order valence-electron chi connectivity index (χ1n) is 13.7. The summed E-state index contributed by atoms with van der Waals surface area (Å²) in [5, 5.41) is 9.75. The van der Waals surface area contributed by atoms with Gasteiger partial charge in [-0.15, -0.1) is 11.3 Å². The maximum absolute atomic E-state index is 6.46. The first kappa shape index (κ1) is 21.5. The Kier molecular flexibility index (Phi) is 4.04. The Bertz CT molecular complexity index is 2570. The van der Waals surface area contributed by atoms with Gasteiger partial charge >= 0.3 is 0 Å².